The topological polar surface area (TPSA) is 20.3 Å². The van der Waals surface area contributed by atoms with Gasteiger partial charge >= 0.3 is 6.43 Å². The first-order chi connectivity index (χ1) is 5.63. The lowest BCUT2D eigenvalue weighted by atomic mass is 10.2. The van der Waals surface area contributed by atoms with E-state index in [0.717, 1.165) is 17.9 Å². The molecule has 1 amide bonds. The van der Waals surface area contributed by atoms with Crippen molar-refractivity contribution in [1.82, 2.24) is 4.90 Å². The molecule has 1 fully saturated rings. The van der Waals surface area contributed by atoms with E-state index in [1.165, 1.54) is 11.9 Å². The van der Waals surface area contributed by atoms with Crippen LogP contribution in [-0.4, -0.2) is 41.8 Å². The summed E-state index contributed by atoms with van der Waals surface area (Å²) in [4.78, 5) is 12.0. The predicted molar refractivity (Wildman–Crippen MR) is 44.5 cm³/mol. The number of halogens is 2. The van der Waals surface area contributed by atoms with Gasteiger partial charge in [0.05, 0.1) is 0 Å². The highest BCUT2D eigenvalue weighted by atomic mass is 32.2. The Kier molecular flexibility index (Phi) is 3.31. The Hall–Kier alpha value is -0.320. The third-order valence-corrected chi connectivity index (χ3v) is 3.13. The lowest BCUT2D eigenvalue weighted by Crippen LogP contribution is -2.40. The monoisotopic (exact) mass is 195 g/mol. The van der Waals surface area contributed by atoms with E-state index in [2.05, 4.69) is 0 Å². The smallest absolute Gasteiger partial charge is 0.315 e. The summed E-state index contributed by atoms with van der Waals surface area (Å²) in [5.41, 5.74) is 0. The number of carbonyl (C=O) groups is 1. The molecule has 70 valence electrons. The predicted octanol–water partition coefficient (Wildman–Crippen LogP) is 1.22. The van der Waals surface area contributed by atoms with E-state index in [9.17, 15) is 13.6 Å². The highest BCUT2D eigenvalue weighted by molar-refractivity contribution is 7.99. The minimum absolute atomic E-state index is 0.0106. The zero-order chi connectivity index (χ0) is 9.14. The van der Waals surface area contributed by atoms with Crippen molar-refractivity contribution in [2.24, 2.45) is 0 Å². The lowest BCUT2D eigenvalue weighted by molar-refractivity contribution is -0.143. The normalized spacial score (nSPS) is 23.2. The van der Waals surface area contributed by atoms with Crippen LogP contribution in [0.1, 0.15) is 6.42 Å². The number of nitrogens with zero attached hydrogens (tertiary/aromatic N) is 1. The van der Waals surface area contributed by atoms with Crippen molar-refractivity contribution in [2.75, 3.05) is 18.6 Å². The van der Waals surface area contributed by atoms with Gasteiger partial charge in [0.15, 0.2) is 0 Å². The van der Waals surface area contributed by atoms with Gasteiger partial charge in [0, 0.05) is 18.8 Å². The van der Waals surface area contributed by atoms with E-state index >= 15 is 0 Å². The largest absolute Gasteiger partial charge is 0.337 e. The van der Waals surface area contributed by atoms with E-state index in [0.29, 0.717) is 0 Å². The number of amides is 1. The second-order valence-corrected chi connectivity index (χ2v) is 3.92. The van der Waals surface area contributed by atoms with Crippen molar-refractivity contribution >= 4 is 17.7 Å². The van der Waals surface area contributed by atoms with Crippen molar-refractivity contribution in [3.8, 4) is 0 Å². The molecule has 1 saturated heterocycles. The molecule has 5 heteroatoms. The fourth-order valence-corrected chi connectivity index (χ4v) is 2.43. The zero-order valence-corrected chi connectivity index (χ0v) is 7.61. The Balaban J connectivity index is 2.45. The van der Waals surface area contributed by atoms with Gasteiger partial charge in [-0.05, 0) is 12.2 Å². The lowest BCUT2D eigenvalue weighted by Gasteiger charge is -2.22. The zero-order valence-electron chi connectivity index (χ0n) is 6.80. The van der Waals surface area contributed by atoms with Crippen LogP contribution < -0.4 is 0 Å². The minimum atomic E-state index is -2.86. The molecule has 0 aromatic rings. The van der Waals surface area contributed by atoms with Crippen LogP contribution in [0, 0.1) is 0 Å². The molecule has 1 rings (SSSR count). The maximum Gasteiger partial charge on any atom is 0.315 e. The summed E-state index contributed by atoms with van der Waals surface area (Å²) in [5, 5.41) is 0. The first kappa shape index (κ1) is 9.77. The van der Waals surface area contributed by atoms with Crippen molar-refractivity contribution in [3.63, 3.8) is 0 Å². The van der Waals surface area contributed by atoms with Crippen LogP contribution >= 0.6 is 11.8 Å². The molecule has 0 saturated carbocycles. The Morgan fingerprint density at radius 1 is 1.67 bits per heavy atom. The molecule has 0 aliphatic carbocycles. The molecule has 0 N–H and O–H groups in total. The molecule has 12 heavy (non-hydrogen) atoms. The van der Waals surface area contributed by atoms with Crippen molar-refractivity contribution in [2.45, 2.75) is 18.9 Å². The summed E-state index contributed by atoms with van der Waals surface area (Å²) in [6, 6.07) is 0.0106. The summed E-state index contributed by atoms with van der Waals surface area (Å²) in [6.07, 6.45) is -2.03. The quantitative estimate of drug-likeness (QED) is 0.660. The van der Waals surface area contributed by atoms with Crippen molar-refractivity contribution in [1.29, 1.82) is 0 Å². The van der Waals surface area contributed by atoms with E-state index < -0.39 is 12.3 Å². The van der Waals surface area contributed by atoms with Gasteiger partial charge in [-0.15, -0.1) is 0 Å². The maximum absolute atomic E-state index is 11.9. The molecule has 0 aromatic carbocycles. The van der Waals surface area contributed by atoms with Gasteiger partial charge in [0.2, 0.25) is 0 Å². The average Bonchev–Trinajstić information content (AvgIpc) is 2.53. The van der Waals surface area contributed by atoms with Gasteiger partial charge in [-0.3, -0.25) is 4.79 Å². The molecular formula is C7H11F2NOS. The van der Waals surface area contributed by atoms with Gasteiger partial charge in [0.25, 0.3) is 5.91 Å². The van der Waals surface area contributed by atoms with Gasteiger partial charge in [-0.1, -0.05) is 0 Å². The Morgan fingerprint density at radius 3 is 2.75 bits per heavy atom. The van der Waals surface area contributed by atoms with E-state index in [-0.39, 0.29) is 6.04 Å². The summed E-state index contributed by atoms with van der Waals surface area (Å²) in [7, 11) is 1.45. The number of carbonyl (C=O) groups excluding carboxylic acids is 1. The molecule has 1 heterocycles. The molecule has 1 aliphatic heterocycles. The average molecular weight is 195 g/mol. The van der Waals surface area contributed by atoms with Gasteiger partial charge in [0.1, 0.15) is 0 Å². The molecule has 2 nitrogen and oxygen atoms in total. The maximum atomic E-state index is 11.9. The summed E-state index contributed by atoms with van der Waals surface area (Å²) in [6.45, 7) is 0. The minimum Gasteiger partial charge on any atom is -0.337 e. The first-order valence-electron chi connectivity index (χ1n) is 3.75. The second-order valence-electron chi connectivity index (χ2n) is 2.77. The third kappa shape index (κ3) is 2.09. The number of hydrogen-bond acceptors (Lipinski definition) is 2. The molecule has 0 aromatic heterocycles. The molecule has 1 unspecified atom stereocenters. The number of alkyl halides is 2. The highest BCUT2D eigenvalue weighted by Crippen LogP contribution is 2.22. The van der Waals surface area contributed by atoms with Crippen molar-refractivity contribution < 1.29 is 13.6 Å². The second kappa shape index (κ2) is 4.07. The molecule has 1 atom stereocenters. The Morgan fingerprint density at radius 2 is 2.33 bits per heavy atom. The highest BCUT2D eigenvalue weighted by Gasteiger charge is 2.28. The summed E-state index contributed by atoms with van der Waals surface area (Å²) >= 11 is 1.70. The SMILES string of the molecule is CN(C(=O)C(F)F)C1CCSC1. The summed E-state index contributed by atoms with van der Waals surface area (Å²) in [5.74, 6) is 0.697. The molecule has 1 aliphatic rings. The van der Waals surface area contributed by atoms with Crippen LogP contribution in [0.5, 0.6) is 0 Å². The Labute approximate surface area is 74.3 Å². The van der Waals surface area contributed by atoms with Gasteiger partial charge in [-0.2, -0.15) is 20.5 Å². The van der Waals surface area contributed by atoms with E-state index in [1.54, 1.807) is 11.8 Å². The molecule has 0 spiro atoms. The third-order valence-electron chi connectivity index (χ3n) is 1.99. The summed E-state index contributed by atoms with van der Waals surface area (Å²) < 4.78 is 23.9. The number of rotatable bonds is 2. The van der Waals surface area contributed by atoms with Crippen LogP contribution in [0.25, 0.3) is 0 Å². The van der Waals surface area contributed by atoms with Crippen LogP contribution in [0.4, 0.5) is 8.78 Å². The van der Waals surface area contributed by atoms with Crippen LogP contribution in [-0.2, 0) is 4.79 Å². The Bertz CT molecular complexity index is 171. The van der Waals surface area contributed by atoms with Crippen LogP contribution in [0.2, 0.25) is 0 Å². The first-order valence-corrected chi connectivity index (χ1v) is 4.91. The van der Waals surface area contributed by atoms with Gasteiger partial charge in [-0.25, -0.2) is 0 Å². The van der Waals surface area contributed by atoms with E-state index in [1.807, 2.05) is 0 Å². The van der Waals surface area contributed by atoms with E-state index in [4.69, 9.17) is 0 Å². The van der Waals surface area contributed by atoms with Crippen molar-refractivity contribution in [3.05, 3.63) is 0 Å². The number of hydrogen-bond donors (Lipinski definition) is 0. The molecule has 0 bridgehead atoms. The van der Waals surface area contributed by atoms with Crippen LogP contribution in [0.15, 0.2) is 0 Å². The molecule has 0 radical (unpaired) electrons. The van der Waals surface area contributed by atoms with Crippen LogP contribution in [0.3, 0.4) is 0 Å². The van der Waals surface area contributed by atoms with Gasteiger partial charge < -0.3 is 4.90 Å². The fraction of sp³-hybridized carbons (Fsp3) is 0.857. The fourth-order valence-electron chi connectivity index (χ4n) is 1.16. The number of thioether (sulfide) groups is 1. The molecular weight excluding hydrogens is 184 g/mol. The standard InChI is InChI=1S/C7H11F2NOS/c1-10(7(11)6(8)9)5-2-3-12-4-5/h5-6H,2-4H2,1H3.